The number of nitrogens with zero attached hydrogens (tertiary/aromatic N) is 1. The van der Waals surface area contributed by atoms with Crippen LogP contribution >= 0.6 is 23.2 Å². The molecule has 27 heavy (non-hydrogen) atoms. The SMILES string of the molecule is CCCON(CC)C(=O)c1c(Cl)ccc(C(=O)OC2=CC(=O)CCC2)c1Cl. The molecule has 1 aromatic rings. The van der Waals surface area contributed by atoms with Crippen LogP contribution in [0.4, 0.5) is 0 Å². The molecule has 1 amide bonds. The molecule has 0 saturated carbocycles. The number of ether oxygens (including phenoxy) is 1. The molecule has 0 radical (unpaired) electrons. The van der Waals surface area contributed by atoms with Crippen LogP contribution in [0.1, 0.15) is 60.2 Å². The van der Waals surface area contributed by atoms with E-state index in [2.05, 4.69) is 0 Å². The summed E-state index contributed by atoms with van der Waals surface area (Å²) in [6.07, 6.45) is 3.59. The lowest BCUT2D eigenvalue weighted by atomic mass is 10.1. The van der Waals surface area contributed by atoms with Gasteiger partial charge in [0.1, 0.15) is 5.76 Å². The van der Waals surface area contributed by atoms with Gasteiger partial charge in [0.2, 0.25) is 0 Å². The molecular formula is C19H21Cl2NO5. The zero-order valence-electron chi connectivity index (χ0n) is 15.2. The number of amides is 1. The number of halogens is 2. The Bertz CT molecular complexity index is 776. The molecule has 0 bridgehead atoms. The molecule has 146 valence electrons. The Morgan fingerprint density at radius 2 is 1.93 bits per heavy atom. The second-order valence-corrected chi connectivity index (χ2v) is 6.72. The van der Waals surface area contributed by atoms with Crippen molar-refractivity contribution >= 4 is 40.9 Å². The van der Waals surface area contributed by atoms with Gasteiger partial charge >= 0.3 is 5.97 Å². The monoisotopic (exact) mass is 413 g/mol. The Balaban J connectivity index is 2.29. The zero-order chi connectivity index (χ0) is 20.0. The van der Waals surface area contributed by atoms with E-state index in [-0.39, 0.29) is 39.3 Å². The summed E-state index contributed by atoms with van der Waals surface area (Å²) in [6, 6.07) is 2.80. The average molecular weight is 414 g/mol. The van der Waals surface area contributed by atoms with Crippen molar-refractivity contribution in [2.24, 2.45) is 0 Å². The zero-order valence-corrected chi connectivity index (χ0v) is 16.7. The Morgan fingerprint density at radius 3 is 2.56 bits per heavy atom. The van der Waals surface area contributed by atoms with Crippen molar-refractivity contribution in [2.45, 2.75) is 39.5 Å². The molecule has 0 aliphatic heterocycles. The van der Waals surface area contributed by atoms with Gasteiger partial charge in [-0.1, -0.05) is 30.1 Å². The van der Waals surface area contributed by atoms with E-state index in [0.29, 0.717) is 25.9 Å². The third-order valence-corrected chi connectivity index (χ3v) is 4.59. The summed E-state index contributed by atoms with van der Waals surface area (Å²) in [4.78, 5) is 42.1. The molecule has 0 saturated heterocycles. The maximum absolute atomic E-state index is 12.8. The maximum Gasteiger partial charge on any atom is 0.344 e. The van der Waals surface area contributed by atoms with E-state index in [9.17, 15) is 14.4 Å². The number of hydroxylamine groups is 2. The summed E-state index contributed by atoms with van der Waals surface area (Å²) in [5.74, 6) is -1.09. The number of carbonyl (C=O) groups is 3. The van der Waals surface area contributed by atoms with Gasteiger partial charge in [-0.15, -0.1) is 0 Å². The Labute approximate surface area is 168 Å². The fourth-order valence-electron chi connectivity index (χ4n) is 2.54. The van der Waals surface area contributed by atoms with Gasteiger partial charge in [0, 0.05) is 25.5 Å². The molecule has 0 aromatic heterocycles. The summed E-state index contributed by atoms with van der Waals surface area (Å²) in [5.41, 5.74) is -0.0330. The lowest BCUT2D eigenvalue weighted by Gasteiger charge is -2.21. The van der Waals surface area contributed by atoms with Crippen molar-refractivity contribution in [3.63, 3.8) is 0 Å². The molecule has 6 nitrogen and oxygen atoms in total. The number of hydrogen-bond donors (Lipinski definition) is 0. The summed E-state index contributed by atoms with van der Waals surface area (Å²) in [6.45, 7) is 4.31. The highest BCUT2D eigenvalue weighted by molar-refractivity contribution is 6.41. The van der Waals surface area contributed by atoms with Crippen LogP contribution < -0.4 is 0 Å². The number of rotatable bonds is 7. The van der Waals surface area contributed by atoms with Gasteiger partial charge in [0.05, 0.1) is 27.8 Å². The van der Waals surface area contributed by atoms with Gasteiger partial charge in [-0.05, 0) is 31.9 Å². The normalized spacial score (nSPS) is 13.9. The Morgan fingerprint density at radius 1 is 1.19 bits per heavy atom. The predicted molar refractivity (Wildman–Crippen MR) is 102 cm³/mol. The average Bonchev–Trinajstić information content (AvgIpc) is 2.62. The first-order chi connectivity index (χ1) is 12.9. The largest absolute Gasteiger partial charge is 0.427 e. The molecule has 0 spiro atoms. The standard InChI is InChI=1S/C19H21Cl2NO5/c1-3-10-26-22(4-2)18(24)16-15(20)9-8-14(17(16)21)19(25)27-13-7-5-6-12(23)11-13/h8-9,11H,3-7,10H2,1-2H3. The highest BCUT2D eigenvalue weighted by Crippen LogP contribution is 2.31. The van der Waals surface area contributed by atoms with Gasteiger partial charge in [0.15, 0.2) is 5.78 Å². The van der Waals surface area contributed by atoms with E-state index < -0.39 is 11.9 Å². The van der Waals surface area contributed by atoms with E-state index in [0.717, 1.165) is 11.5 Å². The molecular weight excluding hydrogens is 393 g/mol. The van der Waals surface area contributed by atoms with Crippen molar-refractivity contribution in [1.29, 1.82) is 0 Å². The van der Waals surface area contributed by atoms with E-state index in [1.54, 1.807) is 6.92 Å². The van der Waals surface area contributed by atoms with Crippen LogP contribution in [0.2, 0.25) is 10.0 Å². The van der Waals surface area contributed by atoms with Crippen LogP contribution in [-0.4, -0.2) is 35.9 Å². The highest BCUT2D eigenvalue weighted by atomic mass is 35.5. The van der Waals surface area contributed by atoms with Gasteiger partial charge in [0.25, 0.3) is 5.91 Å². The molecule has 1 aliphatic rings. The predicted octanol–water partition coefficient (Wildman–Crippen LogP) is 4.59. The van der Waals surface area contributed by atoms with Crippen molar-refractivity contribution in [3.8, 4) is 0 Å². The van der Waals surface area contributed by atoms with Crippen molar-refractivity contribution in [2.75, 3.05) is 13.2 Å². The highest BCUT2D eigenvalue weighted by Gasteiger charge is 2.26. The van der Waals surface area contributed by atoms with Crippen molar-refractivity contribution in [3.05, 3.63) is 45.1 Å². The number of esters is 1. The van der Waals surface area contributed by atoms with Crippen LogP contribution in [0.25, 0.3) is 0 Å². The minimum absolute atomic E-state index is 0.00474. The second-order valence-electron chi connectivity index (χ2n) is 5.94. The maximum atomic E-state index is 12.8. The van der Waals surface area contributed by atoms with Crippen LogP contribution in [0.15, 0.2) is 24.0 Å². The van der Waals surface area contributed by atoms with Crippen LogP contribution in [-0.2, 0) is 14.4 Å². The molecule has 0 N–H and O–H groups in total. The lowest BCUT2D eigenvalue weighted by Crippen LogP contribution is -2.32. The molecule has 0 heterocycles. The number of ketones is 1. The number of benzene rings is 1. The first kappa shape index (κ1) is 21.4. The second kappa shape index (κ2) is 9.88. The van der Waals surface area contributed by atoms with Gasteiger partial charge in [-0.3, -0.25) is 14.4 Å². The quantitative estimate of drug-likeness (QED) is 0.482. The number of allylic oxidation sites excluding steroid dienone is 2. The van der Waals surface area contributed by atoms with Crippen LogP contribution in [0, 0.1) is 0 Å². The van der Waals surface area contributed by atoms with Crippen molar-refractivity contribution in [1.82, 2.24) is 5.06 Å². The van der Waals surface area contributed by atoms with Gasteiger partial charge < -0.3 is 4.74 Å². The third kappa shape index (κ3) is 5.31. The molecule has 0 fully saturated rings. The first-order valence-corrected chi connectivity index (χ1v) is 9.52. The number of hydrogen-bond acceptors (Lipinski definition) is 5. The molecule has 1 aliphatic carbocycles. The molecule has 2 rings (SSSR count). The molecule has 1 aromatic carbocycles. The summed E-state index contributed by atoms with van der Waals surface area (Å²) < 4.78 is 5.27. The molecule has 0 atom stereocenters. The number of carbonyl (C=O) groups excluding carboxylic acids is 3. The molecule has 0 unspecified atom stereocenters. The van der Waals surface area contributed by atoms with Gasteiger partial charge in [-0.2, -0.15) is 0 Å². The van der Waals surface area contributed by atoms with Gasteiger partial charge in [-0.25, -0.2) is 9.86 Å². The summed E-state index contributed by atoms with van der Waals surface area (Å²) in [7, 11) is 0. The Hall–Kier alpha value is -1.89. The minimum atomic E-state index is -0.746. The van der Waals surface area contributed by atoms with E-state index >= 15 is 0 Å². The summed E-state index contributed by atoms with van der Waals surface area (Å²) in [5, 5.41) is 1.14. The van der Waals surface area contributed by atoms with E-state index in [1.165, 1.54) is 18.2 Å². The minimum Gasteiger partial charge on any atom is -0.427 e. The third-order valence-electron chi connectivity index (χ3n) is 3.88. The fraction of sp³-hybridized carbons (Fsp3) is 0.421. The Kier molecular flexibility index (Phi) is 7.83. The van der Waals surface area contributed by atoms with E-state index in [4.69, 9.17) is 32.8 Å². The van der Waals surface area contributed by atoms with Crippen molar-refractivity contribution < 1.29 is 24.0 Å². The van der Waals surface area contributed by atoms with E-state index in [1.807, 2.05) is 6.92 Å². The summed E-state index contributed by atoms with van der Waals surface area (Å²) >= 11 is 12.5. The topological polar surface area (TPSA) is 72.9 Å². The molecule has 8 heteroatoms. The smallest absolute Gasteiger partial charge is 0.344 e. The lowest BCUT2D eigenvalue weighted by molar-refractivity contribution is -0.120. The van der Waals surface area contributed by atoms with Crippen LogP contribution in [0.3, 0.4) is 0 Å². The first-order valence-electron chi connectivity index (χ1n) is 8.77. The fourth-order valence-corrected chi connectivity index (χ4v) is 3.15. The van der Waals surface area contributed by atoms with Crippen LogP contribution in [0.5, 0.6) is 0 Å².